The van der Waals surface area contributed by atoms with Gasteiger partial charge >= 0.3 is 0 Å². The molecule has 0 radical (unpaired) electrons. The van der Waals surface area contributed by atoms with Crippen LogP contribution in [0, 0.1) is 0 Å². The minimum atomic E-state index is -0.319. The van der Waals surface area contributed by atoms with Crippen LogP contribution in [0.1, 0.15) is 32.2 Å². The molecule has 6 nitrogen and oxygen atoms in total. The van der Waals surface area contributed by atoms with Crippen molar-refractivity contribution in [2.24, 2.45) is 0 Å². The SMILES string of the molecule is CC(C)(C)c1nnc(NCc2ccccn2)[nH]c1=O. The predicted molar refractivity (Wildman–Crippen MR) is 72.9 cm³/mol. The lowest BCUT2D eigenvalue weighted by molar-refractivity contribution is 0.546. The van der Waals surface area contributed by atoms with Gasteiger partial charge in [0.2, 0.25) is 5.95 Å². The highest BCUT2D eigenvalue weighted by Gasteiger charge is 2.20. The van der Waals surface area contributed by atoms with Crippen molar-refractivity contribution in [3.8, 4) is 0 Å². The summed E-state index contributed by atoms with van der Waals surface area (Å²) >= 11 is 0. The summed E-state index contributed by atoms with van der Waals surface area (Å²) in [5.74, 6) is 0.351. The zero-order chi connectivity index (χ0) is 13.9. The molecule has 19 heavy (non-hydrogen) atoms. The lowest BCUT2D eigenvalue weighted by Crippen LogP contribution is -2.28. The molecule has 0 amide bonds. The third kappa shape index (κ3) is 3.37. The Bertz CT molecular complexity index is 600. The van der Waals surface area contributed by atoms with E-state index in [0.29, 0.717) is 18.2 Å². The Labute approximate surface area is 111 Å². The molecule has 0 saturated carbocycles. The highest BCUT2D eigenvalue weighted by atomic mass is 16.1. The van der Waals surface area contributed by atoms with Gasteiger partial charge in [-0.3, -0.25) is 14.8 Å². The monoisotopic (exact) mass is 259 g/mol. The number of nitrogens with zero attached hydrogens (tertiary/aromatic N) is 3. The molecule has 0 unspecified atom stereocenters. The van der Waals surface area contributed by atoms with Gasteiger partial charge in [-0.05, 0) is 12.1 Å². The van der Waals surface area contributed by atoms with Gasteiger partial charge in [-0.1, -0.05) is 26.8 Å². The second kappa shape index (κ2) is 5.17. The maximum atomic E-state index is 11.9. The van der Waals surface area contributed by atoms with E-state index in [9.17, 15) is 4.79 Å². The maximum absolute atomic E-state index is 11.9. The standard InChI is InChI=1S/C13H17N5O/c1-13(2,3)10-11(19)16-12(18-17-10)15-8-9-6-4-5-7-14-9/h4-7H,8H2,1-3H3,(H2,15,16,18,19). The van der Waals surface area contributed by atoms with E-state index in [1.54, 1.807) is 6.20 Å². The predicted octanol–water partition coefficient (Wildman–Crippen LogP) is 1.47. The fraction of sp³-hybridized carbons (Fsp3) is 0.385. The average Bonchev–Trinajstić information content (AvgIpc) is 2.36. The summed E-state index contributed by atoms with van der Waals surface area (Å²) in [7, 11) is 0. The van der Waals surface area contributed by atoms with Crippen LogP contribution in [-0.4, -0.2) is 20.2 Å². The molecule has 0 fully saturated rings. The minimum absolute atomic E-state index is 0.217. The van der Waals surface area contributed by atoms with Crippen LogP contribution in [0.4, 0.5) is 5.95 Å². The van der Waals surface area contributed by atoms with Crippen LogP contribution < -0.4 is 10.9 Å². The molecule has 0 aliphatic carbocycles. The molecular weight excluding hydrogens is 242 g/mol. The Morgan fingerprint density at radius 3 is 2.63 bits per heavy atom. The van der Waals surface area contributed by atoms with Crippen LogP contribution in [0.25, 0.3) is 0 Å². The van der Waals surface area contributed by atoms with E-state index in [1.165, 1.54) is 0 Å². The van der Waals surface area contributed by atoms with Crippen LogP contribution in [0.15, 0.2) is 29.2 Å². The van der Waals surface area contributed by atoms with E-state index in [-0.39, 0.29) is 11.0 Å². The zero-order valence-electron chi connectivity index (χ0n) is 11.3. The third-order valence-electron chi connectivity index (χ3n) is 2.57. The summed E-state index contributed by atoms with van der Waals surface area (Å²) in [6, 6.07) is 5.65. The van der Waals surface area contributed by atoms with Gasteiger partial charge in [0.1, 0.15) is 5.69 Å². The van der Waals surface area contributed by atoms with Crippen LogP contribution in [0.3, 0.4) is 0 Å². The van der Waals surface area contributed by atoms with Gasteiger partial charge < -0.3 is 5.32 Å². The topological polar surface area (TPSA) is 83.6 Å². The third-order valence-corrected chi connectivity index (χ3v) is 2.57. The molecule has 2 heterocycles. The van der Waals surface area contributed by atoms with Crippen molar-refractivity contribution < 1.29 is 0 Å². The lowest BCUT2D eigenvalue weighted by atomic mass is 9.93. The molecule has 0 aliphatic rings. The summed E-state index contributed by atoms with van der Waals surface area (Å²) in [6.45, 7) is 6.26. The quantitative estimate of drug-likeness (QED) is 0.872. The molecule has 2 N–H and O–H groups in total. The highest BCUT2D eigenvalue weighted by Crippen LogP contribution is 2.15. The van der Waals surface area contributed by atoms with Crippen molar-refractivity contribution in [3.63, 3.8) is 0 Å². The van der Waals surface area contributed by atoms with E-state index in [4.69, 9.17) is 0 Å². The first kappa shape index (κ1) is 13.2. The van der Waals surface area contributed by atoms with Crippen molar-refractivity contribution in [1.82, 2.24) is 20.2 Å². The maximum Gasteiger partial charge on any atom is 0.274 e. The molecule has 2 aromatic heterocycles. The number of aromatic amines is 1. The minimum Gasteiger partial charge on any atom is -0.349 e. The number of H-pyrrole nitrogens is 1. The molecule has 2 aromatic rings. The molecule has 0 atom stereocenters. The highest BCUT2D eigenvalue weighted by molar-refractivity contribution is 5.24. The van der Waals surface area contributed by atoms with Crippen molar-refractivity contribution in [2.45, 2.75) is 32.7 Å². The summed E-state index contributed by atoms with van der Waals surface area (Å²) in [4.78, 5) is 18.7. The number of aromatic nitrogens is 4. The molecule has 100 valence electrons. The molecule has 6 heteroatoms. The van der Waals surface area contributed by atoms with Gasteiger partial charge in [0.25, 0.3) is 5.56 Å². The van der Waals surface area contributed by atoms with Crippen LogP contribution in [-0.2, 0) is 12.0 Å². The Morgan fingerprint density at radius 1 is 1.26 bits per heavy atom. The van der Waals surface area contributed by atoms with Crippen molar-refractivity contribution >= 4 is 5.95 Å². The number of pyridine rings is 1. The number of hydrogen-bond donors (Lipinski definition) is 2. The Kier molecular flexibility index (Phi) is 3.59. The molecule has 0 aromatic carbocycles. The number of anilines is 1. The Hall–Kier alpha value is -2.24. The van der Waals surface area contributed by atoms with Gasteiger partial charge in [0, 0.05) is 11.6 Å². The van der Waals surface area contributed by atoms with Crippen LogP contribution in [0.5, 0.6) is 0 Å². The summed E-state index contributed by atoms with van der Waals surface area (Å²) in [5, 5.41) is 11.0. The van der Waals surface area contributed by atoms with E-state index in [0.717, 1.165) is 5.69 Å². The summed E-state index contributed by atoms with van der Waals surface area (Å²) in [6.07, 6.45) is 1.72. The Morgan fingerprint density at radius 2 is 2.05 bits per heavy atom. The van der Waals surface area contributed by atoms with Crippen LogP contribution >= 0.6 is 0 Å². The van der Waals surface area contributed by atoms with Gasteiger partial charge in [-0.25, -0.2) is 0 Å². The molecule has 2 rings (SSSR count). The van der Waals surface area contributed by atoms with Gasteiger partial charge in [-0.15, -0.1) is 10.2 Å². The van der Waals surface area contributed by atoms with E-state index >= 15 is 0 Å². The molecule has 0 spiro atoms. The smallest absolute Gasteiger partial charge is 0.274 e. The van der Waals surface area contributed by atoms with Gasteiger partial charge in [0.15, 0.2) is 0 Å². The summed E-state index contributed by atoms with van der Waals surface area (Å²) < 4.78 is 0. The molecule has 0 saturated heterocycles. The van der Waals surface area contributed by atoms with E-state index in [1.807, 2.05) is 39.0 Å². The second-order valence-electron chi connectivity index (χ2n) is 5.28. The second-order valence-corrected chi connectivity index (χ2v) is 5.28. The van der Waals surface area contributed by atoms with E-state index < -0.39 is 0 Å². The fourth-order valence-electron chi connectivity index (χ4n) is 1.58. The first-order valence-corrected chi connectivity index (χ1v) is 6.08. The largest absolute Gasteiger partial charge is 0.349 e. The first-order chi connectivity index (χ1) is 8.97. The number of rotatable bonds is 3. The van der Waals surface area contributed by atoms with Crippen molar-refractivity contribution in [3.05, 3.63) is 46.1 Å². The zero-order valence-corrected chi connectivity index (χ0v) is 11.3. The van der Waals surface area contributed by atoms with Crippen molar-refractivity contribution in [2.75, 3.05) is 5.32 Å². The molecular formula is C13H17N5O. The fourth-order valence-corrected chi connectivity index (χ4v) is 1.58. The Balaban J connectivity index is 2.11. The van der Waals surface area contributed by atoms with Crippen LogP contribution in [0.2, 0.25) is 0 Å². The molecule has 0 aliphatic heterocycles. The lowest BCUT2D eigenvalue weighted by Gasteiger charge is -2.15. The molecule has 0 bridgehead atoms. The van der Waals surface area contributed by atoms with E-state index in [2.05, 4.69) is 25.5 Å². The van der Waals surface area contributed by atoms with Gasteiger partial charge in [-0.2, -0.15) is 0 Å². The average molecular weight is 259 g/mol. The van der Waals surface area contributed by atoms with Crippen molar-refractivity contribution in [1.29, 1.82) is 0 Å². The summed E-state index contributed by atoms with van der Waals surface area (Å²) in [5.41, 5.74) is 0.757. The number of nitrogens with one attached hydrogen (secondary N) is 2. The first-order valence-electron chi connectivity index (χ1n) is 6.08. The number of hydrogen-bond acceptors (Lipinski definition) is 5. The van der Waals surface area contributed by atoms with Gasteiger partial charge in [0.05, 0.1) is 12.2 Å². The normalized spacial score (nSPS) is 11.3.